The van der Waals surface area contributed by atoms with Gasteiger partial charge in [-0.05, 0) is 53.4 Å². The van der Waals surface area contributed by atoms with Gasteiger partial charge >= 0.3 is 6.09 Å². The minimum absolute atomic E-state index is 0.198. The third-order valence-electron chi connectivity index (χ3n) is 3.79. The van der Waals surface area contributed by atoms with E-state index in [0.717, 1.165) is 32.4 Å². The minimum atomic E-state index is -0.435. The van der Waals surface area contributed by atoms with Gasteiger partial charge in [0.15, 0.2) is 0 Å². The second-order valence-electron chi connectivity index (χ2n) is 7.09. The van der Waals surface area contributed by atoms with Gasteiger partial charge in [-0.15, -0.1) is 12.3 Å². The third-order valence-corrected chi connectivity index (χ3v) is 3.79. The number of likely N-dealkylation sites (tertiary alicyclic amines) is 1. The lowest BCUT2D eigenvalue weighted by molar-refractivity contribution is 0.0147. The highest BCUT2D eigenvalue weighted by atomic mass is 16.6. The van der Waals surface area contributed by atoms with E-state index in [2.05, 4.69) is 25.1 Å². The van der Waals surface area contributed by atoms with Crippen LogP contribution in [0.25, 0.3) is 0 Å². The molecule has 1 rings (SSSR count). The summed E-state index contributed by atoms with van der Waals surface area (Å²) in [4.78, 5) is 14.0. The lowest BCUT2D eigenvalue weighted by atomic mass is 9.91. The Labute approximate surface area is 129 Å². The minimum Gasteiger partial charge on any atom is -0.444 e. The summed E-state index contributed by atoms with van der Waals surface area (Å²) in [5, 5.41) is 3.54. The molecule has 3 unspecified atom stereocenters. The molecule has 4 nitrogen and oxygen atoms in total. The number of nitrogens with zero attached hydrogens (tertiary/aromatic N) is 1. The summed E-state index contributed by atoms with van der Waals surface area (Å²) in [6.07, 6.45) is 8.04. The molecule has 0 radical (unpaired) electrons. The quantitative estimate of drug-likeness (QED) is 0.810. The molecule has 3 atom stereocenters. The van der Waals surface area contributed by atoms with Crippen molar-refractivity contribution in [3.8, 4) is 12.3 Å². The highest BCUT2D eigenvalue weighted by Gasteiger charge is 2.30. The van der Waals surface area contributed by atoms with Gasteiger partial charge in [-0.3, -0.25) is 0 Å². The average molecular weight is 294 g/mol. The van der Waals surface area contributed by atoms with Crippen LogP contribution in [0.4, 0.5) is 4.79 Å². The molecule has 0 aromatic rings. The first kappa shape index (κ1) is 17.8. The summed E-state index contributed by atoms with van der Waals surface area (Å²) in [7, 11) is 0. The van der Waals surface area contributed by atoms with Gasteiger partial charge in [0.25, 0.3) is 0 Å². The molecule has 0 aromatic carbocycles. The Morgan fingerprint density at radius 2 is 2.14 bits per heavy atom. The summed E-state index contributed by atoms with van der Waals surface area (Å²) in [5.41, 5.74) is -0.435. The first-order valence-corrected chi connectivity index (χ1v) is 7.90. The van der Waals surface area contributed by atoms with E-state index in [0.29, 0.717) is 18.0 Å². The molecule has 120 valence electrons. The van der Waals surface area contributed by atoms with Crippen molar-refractivity contribution < 1.29 is 9.53 Å². The first-order valence-electron chi connectivity index (χ1n) is 7.90. The Morgan fingerprint density at radius 3 is 2.71 bits per heavy atom. The molecule has 1 fully saturated rings. The summed E-state index contributed by atoms with van der Waals surface area (Å²) in [6, 6.07) is 0.653. The molecule has 1 N–H and O–H groups in total. The number of carbonyl (C=O) groups is 1. The van der Waals surface area contributed by atoms with Gasteiger partial charge in [-0.2, -0.15) is 0 Å². The largest absolute Gasteiger partial charge is 0.444 e. The Kier molecular flexibility index (Phi) is 6.54. The molecule has 1 aliphatic rings. The first-order chi connectivity index (χ1) is 9.73. The van der Waals surface area contributed by atoms with Crippen LogP contribution in [0.1, 0.15) is 53.9 Å². The standard InChI is InChI=1S/C17H30N2O2/c1-7-9-13(2)18-14(3)15-10-8-11-19(12-15)16(20)21-17(4,5)6/h1,13-15,18H,8-12H2,2-6H3. The zero-order chi connectivity index (χ0) is 16.0. The fourth-order valence-electron chi connectivity index (χ4n) is 2.73. The van der Waals surface area contributed by atoms with Crippen LogP contribution in [0.2, 0.25) is 0 Å². The van der Waals surface area contributed by atoms with Crippen LogP contribution >= 0.6 is 0 Å². The van der Waals surface area contributed by atoms with Crippen molar-refractivity contribution in [1.29, 1.82) is 0 Å². The summed E-state index contributed by atoms with van der Waals surface area (Å²) in [6.45, 7) is 11.5. The molecule has 1 heterocycles. The zero-order valence-electron chi connectivity index (χ0n) is 14.1. The molecule has 0 spiro atoms. The van der Waals surface area contributed by atoms with Gasteiger partial charge < -0.3 is 15.0 Å². The SMILES string of the molecule is C#CCC(C)NC(C)C1CCCN(C(=O)OC(C)(C)C)C1. The Hall–Kier alpha value is -1.21. The maximum absolute atomic E-state index is 12.2. The summed E-state index contributed by atoms with van der Waals surface area (Å²) >= 11 is 0. The molecule has 0 bridgehead atoms. The third kappa shape index (κ3) is 6.39. The zero-order valence-corrected chi connectivity index (χ0v) is 14.1. The number of nitrogens with one attached hydrogen (secondary N) is 1. The van der Waals surface area contributed by atoms with E-state index in [1.54, 1.807) is 0 Å². The molecule has 0 aromatic heterocycles. The molecular formula is C17H30N2O2. The molecule has 1 amide bonds. The van der Waals surface area contributed by atoms with Crippen molar-refractivity contribution in [3.05, 3.63) is 0 Å². The maximum Gasteiger partial charge on any atom is 0.410 e. The van der Waals surface area contributed by atoms with Gasteiger partial charge in [0.2, 0.25) is 0 Å². The normalized spacial score (nSPS) is 22.3. The van der Waals surface area contributed by atoms with Gasteiger partial charge in [0.05, 0.1) is 0 Å². The Balaban J connectivity index is 2.52. The van der Waals surface area contributed by atoms with Crippen LogP contribution in [0.15, 0.2) is 0 Å². The summed E-state index contributed by atoms with van der Waals surface area (Å²) < 4.78 is 5.46. The molecule has 1 aliphatic heterocycles. The van der Waals surface area contributed by atoms with Crippen molar-refractivity contribution in [1.82, 2.24) is 10.2 Å². The van der Waals surface area contributed by atoms with Crippen LogP contribution in [-0.4, -0.2) is 41.8 Å². The highest BCUT2D eigenvalue weighted by molar-refractivity contribution is 5.68. The fraction of sp³-hybridized carbons (Fsp3) is 0.824. The smallest absolute Gasteiger partial charge is 0.410 e. The van der Waals surface area contributed by atoms with Crippen molar-refractivity contribution in [2.45, 2.75) is 71.6 Å². The van der Waals surface area contributed by atoms with E-state index >= 15 is 0 Å². The second kappa shape index (κ2) is 7.70. The molecule has 4 heteroatoms. The van der Waals surface area contributed by atoms with E-state index in [9.17, 15) is 4.79 Å². The molecule has 21 heavy (non-hydrogen) atoms. The average Bonchev–Trinajstić information content (AvgIpc) is 2.37. The van der Waals surface area contributed by atoms with E-state index in [1.165, 1.54) is 0 Å². The number of amides is 1. The van der Waals surface area contributed by atoms with E-state index in [-0.39, 0.29) is 6.09 Å². The van der Waals surface area contributed by atoms with E-state index in [4.69, 9.17) is 11.2 Å². The molecular weight excluding hydrogens is 264 g/mol. The number of hydrogen-bond donors (Lipinski definition) is 1. The van der Waals surface area contributed by atoms with Crippen molar-refractivity contribution >= 4 is 6.09 Å². The second-order valence-corrected chi connectivity index (χ2v) is 7.09. The number of carbonyl (C=O) groups excluding carboxylic acids is 1. The van der Waals surface area contributed by atoms with Crippen molar-refractivity contribution in [2.24, 2.45) is 5.92 Å². The predicted octanol–water partition coefficient (Wildman–Crippen LogP) is 3.02. The monoisotopic (exact) mass is 294 g/mol. The Bertz CT molecular complexity index is 381. The lowest BCUT2D eigenvalue weighted by Gasteiger charge is -2.37. The predicted molar refractivity (Wildman–Crippen MR) is 86.0 cm³/mol. The number of rotatable bonds is 4. The van der Waals surface area contributed by atoms with Gasteiger partial charge in [-0.25, -0.2) is 4.79 Å². The van der Waals surface area contributed by atoms with E-state index in [1.807, 2.05) is 25.7 Å². The molecule has 0 saturated carbocycles. The summed E-state index contributed by atoms with van der Waals surface area (Å²) in [5.74, 6) is 3.13. The van der Waals surface area contributed by atoms with Gasteiger partial charge in [-0.1, -0.05) is 0 Å². The Morgan fingerprint density at radius 1 is 1.48 bits per heavy atom. The number of ether oxygens (including phenoxy) is 1. The highest BCUT2D eigenvalue weighted by Crippen LogP contribution is 2.22. The number of piperidine rings is 1. The van der Waals surface area contributed by atoms with Crippen molar-refractivity contribution in [2.75, 3.05) is 13.1 Å². The van der Waals surface area contributed by atoms with Crippen LogP contribution in [0.5, 0.6) is 0 Å². The number of terminal acetylenes is 1. The topological polar surface area (TPSA) is 41.6 Å². The molecule has 0 aliphatic carbocycles. The van der Waals surface area contributed by atoms with Crippen LogP contribution in [0.3, 0.4) is 0 Å². The van der Waals surface area contributed by atoms with Gasteiger partial charge in [0, 0.05) is 31.6 Å². The van der Waals surface area contributed by atoms with Crippen LogP contribution in [-0.2, 0) is 4.74 Å². The van der Waals surface area contributed by atoms with Gasteiger partial charge in [0.1, 0.15) is 5.60 Å². The molecule has 1 saturated heterocycles. The number of hydrogen-bond acceptors (Lipinski definition) is 3. The lowest BCUT2D eigenvalue weighted by Crippen LogP contribution is -2.49. The van der Waals surface area contributed by atoms with E-state index < -0.39 is 5.60 Å². The maximum atomic E-state index is 12.2. The van der Waals surface area contributed by atoms with Crippen molar-refractivity contribution in [3.63, 3.8) is 0 Å². The fourth-order valence-corrected chi connectivity index (χ4v) is 2.73. The van der Waals surface area contributed by atoms with Crippen LogP contribution < -0.4 is 5.32 Å². The van der Waals surface area contributed by atoms with Crippen LogP contribution in [0, 0.1) is 18.3 Å².